The SMILES string of the molecule is Cc1cccc(C(=O)O[C@H](C)C(=O)NC(N)=O)c1O. The maximum absolute atomic E-state index is 11.7. The molecule has 0 bridgehead atoms. The van der Waals surface area contributed by atoms with Gasteiger partial charge in [0.1, 0.15) is 11.3 Å². The molecule has 0 unspecified atom stereocenters. The van der Waals surface area contributed by atoms with E-state index in [1.165, 1.54) is 13.0 Å². The number of hydrogen-bond acceptors (Lipinski definition) is 5. The van der Waals surface area contributed by atoms with Gasteiger partial charge in [-0.1, -0.05) is 12.1 Å². The van der Waals surface area contributed by atoms with Crippen LogP contribution >= 0.6 is 0 Å². The molecule has 1 atom stereocenters. The predicted molar refractivity (Wildman–Crippen MR) is 65.4 cm³/mol. The molecule has 0 aliphatic heterocycles. The highest BCUT2D eigenvalue weighted by molar-refractivity contribution is 5.98. The second kappa shape index (κ2) is 5.85. The molecule has 0 fully saturated rings. The normalized spacial score (nSPS) is 11.5. The van der Waals surface area contributed by atoms with Gasteiger partial charge in [0.25, 0.3) is 5.91 Å². The minimum atomic E-state index is -1.21. The average Bonchev–Trinajstić information content (AvgIpc) is 2.31. The van der Waals surface area contributed by atoms with E-state index < -0.39 is 24.0 Å². The lowest BCUT2D eigenvalue weighted by Crippen LogP contribution is -2.42. The number of benzene rings is 1. The van der Waals surface area contributed by atoms with Gasteiger partial charge in [0, 0.05) is 0 Å². The zero-order chi connectivity index (χ0) is 14.6. The third-order valence-corrected chi connectivity index (χ3v) is 2.36. The highest BCUT2D eigenvalue weighted by atomic mass is 16.5. The molecule has 0 heterocycles. The molecule has 1 aromatic carbocycles. The van der Waals surface area contributed by atoms with Crippen molar-refractivity contribution in [2.75, 3.05) is 0 Å². The third-order valence-electron chi connectivity index (χ3n) is 2.36. The third kappa shape index (κ3) is 3.70. The summed E-state index contributed by atoms with van der Waals surface area (Å²) in [7, 11) is 0. The number of phenolic OH excluding ortho intramolecular Hbond substituents is 1. The van der Waals surface area contributed by atoms with Crippen molar-refractivity contribution in [1.29, 1.82) is 0 Å². The van der Waals surface area contributed by atoms with Crippen molar-refractivity contribution in [3.63, 3.8) is 0 Å². The summed E-state index contributed by atoms with van der Waals surface area (Å²) in [5.74, 6) is -1.92. The lowest BCUT2D eigenvalue weighted by atomic mass is 10.1. The topological polar surface area (TPSA) is 119 Å². The fourth-order valence-corrected chi connectivity index (χ4v) is 1.32. The highest BCUT2D eigenvalue weighted by Gasteiger charge is 2.22. The molecule has 3 amide bonds. The number of aromatic hydroxyl groups is 1. The summed E-state index contributed by atoms with van der Waals surface area (Å²) in [5.41, 5.74) is 5.21. The average molecular weight is 266 g/mol. The maximum Gasteiger partial charge on any atom is 0.342 e. The summed E-state index contributed by atoms with van der Waals surface area (Å²) in [4.78, 5) is 33.5. The molecule has 0 saturated carbocycles. The number of nitrogens with two attached hydrogens (primary N) is 1. The van der Waals surface area contributed by atoms with E-state index in [1.54, 1.807) is 24.4 Å². The Morgan fingerprint density at radius 1 is 1.37 bits per heavy atom. The number of urea groups is 1. The van der Waals surface area contributed by atoms with Crippen LogP contribution in [0.25, 0.3) is 0 Å². The Labute approximate surface area is 109 Å². The van der Waals surface area contributed by atoms with Gasteiger partial charge < -0.3 is 15.6 Å². The molecular weight excluding hydrogens is 252 g/mol. The van der Waals surface area contributed by atoms with Crippen LogP contribution in [0.15, 0.2) is 18.2 Å². The molecule has 7 heteroatoms. The molecule has 102 valence electrons. The van der Waals surface area contributed by atoms with Gasteiger partial charge in [-0.3, -0.25) is 10.1 Å². The minimum Gasteiger partial charge on any atom is -0.507 e. The number of ether oxygens (including phenoxy) is 1. The van der Waals surface area contributed by atoms with E-state index in [-0.39, 0.29) is 11.3 Å². The Morgan fingerprint density at radius 3 is 2.58 bits per heavy atom. The van der Waals surface area contributed by atoms with Gasteiger partial charge in [0.05, 0.1) is 0 Å². The van der Waals surface area contributed by atoms with Gasteiger partial charge in [-0.05, 0) is 25.5 Å². The van der Waals surface area contributed by atoms with E-state index in [2.05, 4.69) is 0 Å². The zero-order valence-corrected chi connectivity index (χ0v) is 10.5. The Kier molecular flexibility index (Phi) is 4.46. The summed E-state index contributed by atoms with van der Waals surface area (Å²) >= 11 is 0. The van der Waals surface area contributed by atoms with Gasteiger partial charge in [-0.2, -0.15) is 0 Å². The first kappa shape index (κ1) is 14.5. The van der Waals surface area contributed by atoms with Crippen molar-refractivity contribution in [2.24, 2.45) is 5.73 Å². The summed E-state index contributed by atoms with van der Waals surface area (Å²) in [6.07, 6.45) is -1.21. The van der Waals surface area contributed by atoms with Crippen molar-refractivity contribution in [3.05, 3.63) is 29.3 Å². The monoisotopic (exact) mass is 266 g/mol. The molecule has 0 saturated heterocycles. The minimum absolute atomic E-state index is 0.0567. The number of para-hydroxylation sites is 1. The number of hydrogen-bond donors (Lipinski definition) is 3. The van der Waals surface area contributed by atoms with E-state index in [0.29, 0.717) is 5.56 Å². The van der Waals surface area contributed by atoms with Crippen LogP contribution in [-0.2, 0) is 9.53 Å². The number of phenols is 1. The predicted octanol–water partition coefficient (Wildman–Crippen LogP) is 0.441. The molecule has 0 aliphatic rings. The first-order chi connectivity index (χ1) is 8.82. The van der Waals surface area contributed by atoms with Gasteiger partial charge in [-0.15, -0.1) is 0 Å². The van der Waals surface area contributed by atoms with Crippen molar-refractivity contribution in [1.82, 2.24) is 5.32 Å². The first-order valence-electron chi connectivity index (χ1n) is 5.42. The number of carbonyl (C=O) groups is 3. The molecule has 0 aromatic heterocycles. The van der Waals surface area contributed by atoms with E-state index in [1.807, 2.05) is 0 Å². The van der Waals surface area contributed by atoms with Crippen molar-refractivity contribution < 1.29 is 24.2 Å². The molecular formula is C12H14N2O5. The maximum atomic E-state index is 11.7. The van der Waals surface area contributed by atoms with E-state index in [0.717, 1.165) is 0 Å². The van der Waals surface area contributed by atoms with Crippen LogP contribution in [0.5, 0.6) is 5.75 Å². The molecule has 1 rings (SSSR count). The lowest BCUT2D eigenvalue weighted by Gasteiger charge is -2.13. The molecule has 0 aliphatic carbocycles. The highest BCUT2D eigenvalue weighted by Crippen LogP contribution is 2.22. The lowest BCUT2D eigenvalue weighted by molar-refractivity contribution is -0.127. The number of primary amides is 1. The van der Waals surface area contributed by atoms with Gasteiger partial charge >= 0.3 is 12.0 Å². The summed E-state index contributed by atoms with van der Waals surface area (Å²) < 4.78 is 4.82. The van der Waals surface area contributed by atoms with Crippen molar-refractivity contribution in [3.8, 4) is 5.75 Å². The smallest absolute Gasteiger partial charge is 0.342 e. The summed E-state index contributed by atoms with van der Waals surface area (Å²) in [5, 5.41) is 11.5. The number of nitrogens with one attached hydrogen (secondary N) is 1. The molecule has 19 heavy (non-hydrogen) atoms. The van der Waals surface area contributed by atoms with Crippen LogP contribution in [0.3, 0.4) is 0 Å². The zero-order valence-electron chi connectivity index (χ0n) is 10.5. The molecule has 7 nitrogen and oxygen atoms in total. The molecule has 0 radical (unpaired) electrons. The number of amides is 3. The molecule has 0 spiro atoms. The number of imide groups is 1. The van der Waals surface area contributed by atoms with Crippen molar-refractivity contribution in [2.45, 2.75) is 20.0 Å². The molecule has 1 aromatic rings. The standard InChI is InChI=1S/C12H14N2O5/c1-6-4-3-5-8(9(6)15)11(17)19-7(2)10(16)14-12(13)18/h3-5,7,15H,1-2H3,(H3,13,14,16,18)/t7-/m1/s1. The Bertz CT molecular complexity index is 527. The van der Waals surface area contributed by atoms with Gasteiger partial charge in [0.15, 0.2) is 6.10 Å². The van der Waals surface area contributed by atoms with E-state index in [9.17, 15) is 19.5 Å². The Hall–Kier alpha value is -2.57. The fourth-order valence-electron chi connectivity index (χ4n) is 1.32. The van der Waals surface area contributed by atoms with Crippen LogP contribution in [0.4, 0.5) is 4.79 Å². The number of esters is 1. The number of carbonyl (C=O) groups excluding carboxylic acids is 3. The second-order valence-corrected chi connectivity index (χ2v) is 3.87. The van der Waals surface area contributed by atoms with Crippen LogP contribution in [0, 0.1) is 6.92 Å². The van der Waals surface area contributed by atoms with Crippen LogP contribution in [0.1, 0.15) is 22.8 Å². The fraction of sp³-hybridized carbons (Fsp3) is 0.250. The largest absolute Gasteiger partial charge is 0.507 e. The van der Waals surface area contributed by atoms with E-state index in [4.69, 9.17) is 10.5 Å². The van der Waals surface area contributed by atoms with Crippen LogP contribution in [-0.4, -0.2) is 29.1 Å². The van der Waals surface area contributed by atoms with Gasteiger partial charge in [-0.25, -0.2) is 9.59 Å². The molecule has 4 N–H and O–H groups in total. The Balaban J connectivity index is 2.77. The quantitative estimate of drug-likeness (QED) is 0.686. The second-order valence-electron chi connectivity index (χ2n) is 3.87. The van der Waals surface area contributed by atoms with Crippen LogP contribution in [0.2, 0.25) is 0 Å². The number of rotatable bonds is 3. The summed E-state index contributed by atoms with van der Waals surface area (Å²) in [6, 6.07) is 3.52. The van der Waals surface area contributed by atoms with Crippen molar-refractivity contribution >= 4 is 17.9 Å². The van der Waals surface area contributed by atoms with E-state index >= 15 is 0 Å². The Morgan fingerprint density at radius 2 is 2.00 bits per heavy atom. The number of aryl methyl sites for hydroxylation is 1. The van der Waals surface area contributed by atoms with Gasteiger partial charge in [0.2, 0.25) is 0 Å². The first-order valence-corrected chi connectivity index (χ1v) is 5.42. The summed E-state index contributed by atoms with van der Waals surface area (Å²) in [6.45, 7) is 2.90. The van der Waals surface area contributed by atoms with Crippen LogP contribution < -0.4 is 11.1 Å².